The number of hydrogen-bond acceptors (Lipinski definition) is 2. The number of nitrogens with one attached hydrogen (secondary N) is 1. The monoisotopic (exact) mass is 174 g/mol. The van der Waals surface area contributed by atoms with Crippen LogP contribution in [0, 0.1) is 5.41 Å². The van der Waals surface area contributed by atoms with Crippen molar-refractivity contribution >= 4 is 0 Å². The zero-order valence-electron chi connectivity index (χ0n) is 8.23. The molecule has 1 N–H and O–H groups in total. The molecule has 1 spiro atoms. The third-order valence-corrected chi connectivity index (χ3v) is 2.63. The van der Waals surface area contributed by atoms with Gasteiger partial charge in [-0.05, 0) is 7.05 Å². The van der Waals surface area contributed by atoms with Crippen LogP contribution in [-0.4, -0.2) is 44.3 Å². The van der Waals surface area contributed by atoms with E-state index in [0.717, 1.165) is 19.6 Å². The Balaban J connectivity index is 0.000000336. The molecule has 2 aliphatic rings. The number of likely N-dealkylation sites (tertiary alicyclic amines) is 1. The van der Waals surface area contributed by atoms with Crippen LogP contribution < -0.4 is 5.32 Å². The second kappa shape index (κ2) is 3.71. The first-order valence-corrected chi connectivity index (χ1v) is 4.76. The molecule has 3 heteroatoms. The summed E-state index contributed by atoms with van der Waals surface area (Å²) in [6, 6.07) is 0. The van der Waals surface area contributed by atoms with E-state index in [9.17, 15) is 4.39 Å². The third kappa shape index (κ3) is 1.48. The Morgan fingerprint density at radius 1 is 1.42 bits per heavy atom. The summed E-state index contributed by atoms with van der Waals surface area (Å²) < 4.78 is 13.1. The van der Waals surface area contributed by atoms with Crippen LogP contribution >= 0.6 is 0 Å². The summed E-state index contributed by atoms with van der Waals surface area (Å²) in [6.45, 7) is 7.30. The summed E-state index contributed by atoms with van der Waals surface area (Å²) >= 11 is 0. The third-order valence-electron chi connectivity index (χ3n) is 2.63. The lowest BCUT2D eigenvalue weighted by molar-refractivity contribution is -0.0120. The van der Waals surface area contributed by atoms with E-state index in [2.05, 4.69) is 10.2 Å². The first-order chi connectivity index (χ1) is 5.73. The van der Waals surface area contributed by atoms with Crippen molar-refractivity contribution in [2.75, 3.05) is 33.2 Å². The molecule has 0 radical (unpaired) electrons. The molecule has 0 aromatic heterocycles. The molecule has 1 atom stereocenters. The average Bonchev–Trinajstić information content (AvgIpc) is 2.37. The Labute approximate surface area is 74.1 Å². The Bertz CT molecular complexity index is 143. The van der Waals surface area contributed by atoms with Gasteiger partial charge in [-0.3, -0.25) is 0 Å². The summed E-state index contributed by atoms with van der Waals surface area (Å²) in [6.07, 6.45) is -0.608. The van der Waals surface area contributed by atoms with E-state index in [1.165, 1.54) is 0 Å². The van der Waals surface area contributed by atoms with E-state index in [-0.39, 0.29) is 5.41 Å². The predicted octanol–water partition coefficient (Wildman–Crippen LogP) is 0.886. The molecule has 0 bridgehead atoms. The Hall–Kier alpha value is -0.150. The first-order valence-electron chi connectivity index (χ1n) is 4.76. The number of nitrogens with zero attached hydrogens (tertiary/aromatic N) is 1. The summed E-state index contributed by atoms with van der Waals surface area (Å²) in [7, 11) is 2.04. The van der Waals surface area contributed by atoms with Gasteiger partial charge in [-0.2, -0.15) is 0 Å². The van der Waals surface area contributed by atoms with Gasteiger partial charge in [0, 0.05) is 31.6 Å². The van der Waals surface area contributed by atoms with E-state index >= 15 is 0 Å². The van der Waals surface area contributed by atoms with Gasteiger partial charge in [0.1, 0.15) is 6.17 Å². The van der Waals surface area contributed by atoms with Crippen molar-refractivity contribution in [2.45, 2.75) is 20.0 Å². The molecule has 2 fully saturated rings. The van der Waals surface area contributed by atoms with Gasteiger partial charge in [0.2, 0.25) is 0 Å². The molecule has 0 amide bonds. The van der Waals surface area contributed by atoms with Gasteiger partial charge in [0.15, 0.2) is 0 Å². The fourth-order valence-corrected chi connectivity index (χ4v) is 2.11. The van der Waals surface area contributed by atoms with Crippen molar-refractivity contribution in [3.05, 3.63) is 0 Å². The van der Waals surface area contributed by atoms with Crippen LogP contribution in [0.3, 0.4) is 0 Å². The van der Waals surface area contributed by atoms with Crippen molar-refractivity contribution < 1.29 is 4.39 Å². The Morgan fingerprint density at radius 3 is 2.33 bits per heavy atom. The molecule has 0 aliphatic carbocycles. The molecule has 1 unspecified atom stereocenters. The summed E-state index contributed by atoms with van der Waals surface area (Å²) in [5.74, 6) is 0. The topological polar surface area (TPSA) is 15.3 Å². The highest BCUT2D eigenvalue weighted by Crippen LogP contribution is 2.36. The smallest absolute Gasteiger partial charge is 0.122 e. The van der Waals surface area contributed by atoms with E-state index in [0.29, 0.717) is 6.54 Å². The van der Waals surface area contributed by atoms with Gasteiger partial charge in [-0.15, -0.1) is 0 Å². The highest BCUT2D eigenvalue weighted by Gasteiger charge is 2.50. The van der Waals surface area contributed by atoms with Crippen molar-refractivity contribution in [1.82, 2.24) is 10.2 Å². The van der Waals surface area contributed by atoms with Crippen LogP contribution in [0.4, 0.5) is 4.39 Å². The highest BCUT2D eigenvalue weighted by molar-refractivity contribution is 5.04. The van der Waals surface area contributed by atoms with Gasteiger partial charge in [0.25, 0.3) is 0 Å². The molecular weight excluding hydrogens is 155 g/mol. The summed E-state index contributed by atoms with van der Waals surface area (Å²) in [5.41, 5.74) is -0.00521. The minimum atomic E-state index is -0.608. The maximum Gasteiger partial charge on any atom is 0.122 e. The molecule has 2 saturated heterocycles. The predicted molar refractivity (Wildman–Crippen MR) is 49.0 cm³/mol. The van der Waals surface area contributed by atoms with Gasteiger partial charge in [-0.25, -0.2) is 4.39 Å². The average molecular weight is 174 g/mol. The second-order valence-corrected chi connectivity index (χ2v) is 3.63. The van der Waals surface area contributed by atoms with Crippen molar-refractivity contribution in [3.63, 3.8) is 0 Å². The SMILES string of the molecule is CC.CN1CC2(CNCC2F)C1. The molecule has 2 nitrogen and oxygen atoms in total. The number of alkyl halides is 1. The zero-order chi connectivity index (χ0) is 9.19. The largest absolute Gasteiger partial charge is 0.313 e. The van der Waals surface area contributed by atoms with Gasteiger partial charge >= 0.3 is 0 Å². The maximum absolute atomic E-state index is 13.1. The molecule has 2 heterocycles. The number of hydrogen-bond donors (Lipinski definition) is 1. The van der Waals surface area contributed by atoms with Gasteiger partial charge in [0.05, 0.1) is 0 Å². The van der Waals surface area contributed by atoms with Gasteiger partial charge in [-0.1, -0.05) is 13.8 Å². The van der Waals surface area contributed by atoms with Crippen LogP contribution in [0.15, 0.2) is 0 Å². The van der Waals surface area contributed by atoms with Crippen molar-refractivity contribution in [3.8, 4) is 0 Å². The fraction of sp³-hybridized carbons (Fsp3) is 1.00. The fourth-order valence-electron chi connectivity index (χ4n) is 2.11. The first kappa shape index (κ1) is 9.93. The lowest BCUT2D eigenvalue weighted by Crippen LogP contribution is -2.59. The van der Waals surface area contributed by atoms with E-state index < -0.39 is 6.17 Å². The van der Waals surface area contributed by atoms with Crippen LogP contribution in [0.2, 0.25) is 0 Å². The van der Waals surface area contributed by atoms with Crippen LogP contribution in [0.1, 0.15) is 13.8 Å². The summed E-state index contributed by atoms with van der Waals surface area (Å²) in [5, 5.41) is 3.08. The quantitative estimate of drug-likeness (QED) is 0.586. The highest BCUT2D eigenvalue weighted by atomic mass is 19.1. The maximum atomic E-state index is 13.1. The minimum Gasteiger partial charge on any atom is -0.313 e. The zero-order valence-corrected chi connectivity index (χ0v) is 8.23. The van der Waals surface area contributed by atoms with Crippen LogP contribution in [-0.2, 0) is 0 Å². The van der Waals surface area contributed by atoms with Crippen LogP contribution in [0.5, 0.6) is 0 Å². The molecule has 12 heavy (non-hydrogen) atoms. The molecule has 0 aromatic carbocycles. The number of halogens is 1. The molecule has 0 aromatic rings. The minimum absolute atomic E-state index is 0.00521. The normalized spacial score (nSPS) is 32.5. The Morgan fingerprint density at radius 2 is 2.00 bits per heavy atom. The van der Waals surface area contributed by atoms with Crippen molar-refractivity contribution in [2.24, 2.45) is 5.41 Å². The van der Waals surface area contributed by atoms with E-state index in [1.54, 1.807) is 0 Å². The number of rotatable bonds is 0. The Kier molecular flexibility index (Phi) is 3.07. The standard InChI is InChI=1S/C7H13FN2.C2H6/c1-10-4-7(5-10)3-9-2-6(7)8;1-2/h6,9H,2-5H2,1H3;1-2H3. The molecular formula is C9H19FN2. The van der Waals surface area contributed by atoms with E-state index in [4.69, 9.17) is 0 Å². The molecule has 0 saturated carbocycles. The lowest BCUT2D eigenvalue weighted by Gasteiger charge is -2.46. The van der Waals surface area contributed by atoms with Crippen LogP contribution in [0.25, 0.3) is 0 Å². The summed E-state index contributed by atoms with van der Waals surface area (Å²) in [4.78, 5) is 2.17. The molecule has 2 aliphatic heterocycles. The van der Waals surface area contributed by atoms with E-state index in [1.807, 2.05) is 20.9 Å². The molecule has 72 valence electrons. The second-order valence-electron chi connectivity index (χ2n) is 3.63. The van der Waals surface area contributed by atoms with Gasteiger partial charge < -0.3 is 10.2 Å². The lowest BCUT2D eigenvalue weighted by atomic mass is 9.78. The molecule has 2 rings (SSSR count). The van der Waals surface area contributed by atoms with Crippen molar-refractivity contribution in [1.29, 1.82) is 0 Å².